The first-order valence-electron chi connectivity index (χ1n) is 5.45. The molecule has 2 rings (SSSR count). The number of rotatable bonds is 4. The van der Waals surface area contributed by atoms with Crippen LogP contribution in [0.5, 0.6) is 0 Å². The van der Waals surface area contributed by atoms with E-state index >= 15 is 0 Å². The fraction of sp³-hybridized carbons (Fsp3) is 0.700. The lowest BCUT2D eigenvalue weighted by Gasteiger charge is -2.13. The zero-order valence-electron chi connectivity index (χ0n) is 9.73. The lowest BCUT2D eigenvalue weighted by molar-refractivity contribution is -0.384. The van der Waals surface area contributed by atoms with E-state index in [9.17, 15) is 10.1 Å². The lowest BCUT2D eigenvalue weighted by atomic mass is 10.2. The fourth-order valence-corrected chi connectivity index (χ4v) is 1.96. The maximum Gasteiger partial charge on any atom is 0.333 e. The Kier molecular flexibility index (Phi) is 2.57. The minimum atomic E-state index is -0.371. The molecule has 1 aromatic rings. The van der Waals surface area contributed by atoms with Gasteiger partial charge in [0.25, 0.3) is 0 Å². The van der Waals surface area contributed by atoms with E-state index in [4.69, 9.17) is 0 Å². The van der Waals surface area contributed by atoms with E-state index in [-0.39, 0.29) is 16.7 Å². The molecule has 1 saturated carbocycles. The Balaban J connectivity index is 2.27. The average molecular weight is 224 g/mol. The first-order chi connectivity index (χ1) is 7.50. The number of aromatic nitrogens is 2. The SMILES string of the molecule is Cc1nn(C)c(NC(C)C2CC2)c1[N+](=O)[O-]. The standard InChI is InChI=1S/C10H16N4O2/c1-6(8-4-5-8)11-10-9(14(15)16)7(2)12-13(10)3/h6,8,11H,4-5H2,1-3H3. The van der Waals surface area contributed by atoms with Gasteiger partial charge in [-0.2, -0.15) is 5.10 Å². The predicted octanol–water partition coefficient (Wildman–Crippen LogP) is 1.85. The summed E-state index contributed by atoms with van der Waals surface area (Å²) in [5, 5.41) is 18.2. The highest BCUT2D eigenvalue weighted by Crippen LogP contribution is 2.36. The second kappa shape index (κ2) is 3.77. The van der Waals surface area contributed by atoms with Crippen molar-refractivity contribution < 1.29 is 4.92 Å². The molecule has 0 bridgehead atoms. The van der Waals surface area contributed by atoms with Crippen LogP contribution in [0.1, 0.15) is 25.5 Å². The summed E-state index contributed by atoms with van der Waals surface area (Å²) in [4.78, 5) is 10.6. The second-order valence-corrected chi connectivity index (χ2v) is 4.43. The molecular weight excluding hydrogens is 208 g/mol. The second-order valence-electron chi connectivity index (χ2n) is 4.43. The number of aryl methyl sites for hydroxylation is 2. The maximum atomic E-state index is 10.9. The summed E-state index contributed by atoms with van der Waals surface area (Å²) in [6.07, 6.45) is 2.41. The van der Waals surface area contributed by atoms with E-state index in [1.165, 1.54) is 12.8 Å². The molecule has 1 heterocycles. The van der Waals surface area contributed by atoms with Crippen molar-refractivity contribution in [3.05, 3.63) is 15.8 Å². The normalized spacial score (nSPS) is 17.2. The van der Waals surface area contributed by atoms with Gasteiger partial charge in [0.15, 0.2) is 0 Å². The Morgan fingerprint density at radius 1 is 1.62 bits per heavy atom. The molecule has 1 atom stereocenters. The van der Waals surface area contributed by atoms with Crippen LogP contribution in [0.3, 0.4) is 0 Å². The van der Waals surface area contributed by atoms with Crippen molar-refractivity contribution in [2.24, 2.45) is 13.0 Å². The summed E-state index contributed by atoms with van der Waals surface area (Å²) in [7, 11) is 1.72. The van der Waals surface area contributed by atoms with E-state index in [2.05, 4.69) is 17.3 Å². The Morgan fingerprint density at radius 3 is 2.75 bits per heavy atom. The van der Waals surface area contributed by atoms with Gasteiger partial charge in [0.2, 0.25) is 5.82 Å². The molecule has 6 nitrogen and oxygen atoms in total. The lowest BCUT2D eigenvalue weighted by Crippen LogP contribution is -2.20. The van der Waals surface area contributed by atoms with Crippen LogP contribution in [0.15, 0.2) is 0 Å². The van der Waals surface area contributed by atoms with Crippen molar-refractivity contribution in [1.29, 1.82) is 0 Å². The number of hydrogen-bond donors (Lipinski definition) is 1. The molecule has 1 fully saturated rings. The number of hydrogen-bond acceptors (Lipinski definition) is 4. The Morgan fingerprint density at radius 2 is 2.25 bits per heavy atom. The van der Waals surface area contributed by atoms with Crippen LogP contribution < -0.4 is 5.32 Å². The predicted molar refractivity (Wildman–Crippen MR) is 60.4 cm³/mol. The minimum Gasteiger partial charge on any atom is -0.362 e. The van der Waals surface area contributed by atoms with E-state index in [1.54, 1.807) is 18.7 Å². The number of nitro groups is 1. The first kappa shape index (κ1) is 10.9. The molecule has 1 N–H and O–H groups in total. The third-order valence-corrected chi connectivity index (χ3v) is 3.07. The smallest absolute Gasteiger partial charge is 0.333 e. The van der Waals surface area contributed by atoms with Gasteiger partial charge in [-0.3, -0.25) is 10.1 Å². The quantitative estimate of drug-likeness (QED) is 0.625. The molecule has 0 aliphatic heterocycles. The average Bonchev–Trinajstić information content (AvgIpc) is 2.95. The summed E-state index contributed by atoms with van der Waals surface area (Å²) < 4.78 is 1.55. The molecule has 1 aliphatic carbocycles. The van der Waals surface area contributed by atoms with Crippen LogP contribution in [0.25, 0.3) is 0 Å². The van der Waals surface area contributed by atoms with E-state index in [0.29, 0.717) is 17.4 Å². The van der Waals surface area contributed by atoms with Gasteiger partial charge < -0.3 is 5.32 Å². The molecule has 0 aromatic carbocycles. The van der Waals surface area contributed by atoms with E-state index in [1.807, 2.05) is 0 Å². The molecule has 0 spiro atoms. The van der Waals surface area contributed by atoms with Gasteiger partial charge in [-0.15, -0.1) is 0 Å². The summed E-state index contributed by atoms with van der Waals surface area (Å²) in [6.45, 7) is 3.72. The van der Waals surface area contributed by atoms with Crippen LogP contribution in [-0.2, 0) is 7.05 Å². The van der Waals surface area contributed by atoms with Crippen molar-refractivity contribution in [2.45, 2.75) is 32.7 Å². The minimum absolute atomic E-state index is 0.0926. The van der Waals surface area contributed by atoms with Gasteiger partial charge in [0, 0.05) is 13.1 Å². The van der Waals surface area contributed by atoms with Crippen LogP contribution in [0, 0.1) is 23.0 Å². The Labute approximate surface area is 93.8 Å². The molecule has 0 amide bonds. The van der Waals surface area contributed by atoms with Gasteiger partial charge in [-0.1, -0.05) is 0 Å². The summed E-state index contributed by atoms with van der Waals surface area (Å²) in [5.74, 6) is 1.16. The monoisotopic (exact) mass is 224 g/mol. The molecule has 1 unspecified atom stereocenters. The van der Waals surface area contributed by atoms with Crippen LogP contribution in [0.2, 0.25) is 0 Å². The van der Waals surface area contributed by atoms with Crippen molar-refractivity contribution in [3.63, 3.8) is 0 Å². The molecular formula is C10H16N4O2. The molecule has 1 aliphatic rings. The highest BCUT2D eigenvalue weighted by Gasteiger charge is 2.31. The van der Waals surface area contributed by atoms with Crippen LogP contribution >= 0.6 is 0 Å². The highest BCUT2D eigenvalue weighted by atomic mass is 16.6. The molecule has 0 radical (unpaired) electrons. The summed E-state index contributed by atoms with van der Waals surface area (Å²) >= 11 is 0. The number of anilines is 1. The zero-order valence-corrected chi connectivity index (χ0v) is 9.73. The van der Waals surface area contributed by atoms with Crippen molar-refractivity contribution in [1.82, 2.24) is 9.78 Å². The Bertz CT molecular complexity index is 423. The van der Waals surface area contributed by atoms with Crippen molar-refractivity contribution >= 4 is 11.5 Å². The van der Waals surface area contributed by atoms with Crippen molar-refractivity contribution in [2.75, 3.05) is 5.32 Å². The van der Waals surface area contributed by atoms with Gasteiger partial charge >= 0.3 is 5.69 Å². The number of nitrogens with zero attached hydrogens (tertiary/aromatic N) is 3. The zero-order chi connectivity index (χ0) is 11.9. The molecule has 1 aromatic heterocycles. The molecule has 0 saturated heterocycles. The van der Waals surface area contributed by atoms with Gasteiger partial charge in [0.05, 0.1) is 4.92 Å². The van der Waals surface area contributed by atoms with Gasteiger partial charge in [-0.25, -0.2) is 4.68 Å². The Hall–Kier alpha value is -1.59. The van der Waals surface area contributed by atoms with E-state index < -0.39 is 0 Å². The van der Waals surface area contributed by atoms with E-state index in [0.717, 1.165) is 0 Å². The highest BCUT2D eigenvalue weighted by molar-refractivity contribution is 5.59. The summed E-state index contributed by atoms with van der Waals surface area (Å²) in [5.41, 5.74) is 0.549. The third kappa shape index (κ3) is 1.87. The maximum absolute atomic E-state index is 10.9. The third-order valence-electron chi connectivity index (χ3n) is 3.07. The largest absolute Gasteiger partial charge is 0.362 e. The topological polar surface area (TPSA) is 73.0 Å². The molecule has 16 heavy (non-hydrogen) atoms. The van der Waals surface area contributed by atoms with Crippen LogP contribution in [0.4, 0.5) is 11.5 Å². The van der Waals surface area contributed by atoms with Crippen molar-refractivity contribution in [3.8, 4) is 0 Å². The van der Waals surface area contributed by atoms with Gasteiger partial charge in [0.1, 0.15) is 5.69 Å². The van der Waals surface area contributed by atoms with Gasteiger partial charge in [-0.05, 0) is 32.6 Å². The molecule has 88 valence electrons. The summed E-state index contributed by atoms with van der Waals surface area (Å²) in [6, 6.07) is 0.272. The fourth-order valence-electron chi connectivity index (χ4n) is 1.96. The van der Waals surface area contributed by atoms with Crippen LogP contribution in [-0.4, -0.2) is 20.7 Å². The molecule has 6 heteroatoms. The number of nitrogens with one attached hydrogen (secondary N) is 1. The first-order valence-corrected chi connectivity index (χ1v) is 5.45.